The molecule has 0 aliphatic rings. The maximum atomic E-state index is 9.48. The summed E-state index contributed by atoms with van der Waals surface area (Å²) < 4.78 is 0. The van der Waals surface area contributed by atoms with Crippen molar-refractivity contribution in [1.82, 2.24) is 0 Å². The monoisotopic (exact) mass is 284 g/mol. The average Bonchev–Trinajstić information content (AvgIpc) is 2.50. The molecule has 2 aromatic carbocycles. The molecule has 2 aromatic rings. The molecule has 0 aliphatic carbocycles. The van der Waals surface area contributed by atoms with E-state index in [9.17, 15) is 5.11 Å². The number of hydrogen-bond donors (Lipinski definition) is 1. The van der Waals surface area contributed by atoms with E-state index >= 15 is 0 Å². The number of fused-ring (bicyclic) bond motifs is 1. The summed E-state index contributed by atoms with van der Waals surface area (Å²) in [5.74, 6) is 0.346. The van der Waals surface area contributed by atoms with Gasteiger partial charge in [-0.25, -0.2) is 0 Å². The predicted octanol–water partition coefficient (Wildman–Crippen LogP) is 6.23. The number of unbranched alkanes of at least 4 members (excludes halogenated alkanes) is 7. The third-order valence-electron chi connectivity index (χ3n) is 4.21. The lowest BCUT2D eigenvalue weighted by atomic mass is 10.0. The van der Waals surface area contributed by atoms with Crippen LogP contribution in [0.25, 0.3) is 10.8 Å². The summed E-state index contributed by atoms with van der Waals surface area (Å²) >= 11 is 0. The fourth-order valence-corrected chi connectivity index (χ4v) is 2.90. The molecule has 114 valence electrons. The van der Waals surface area contributed by atoms with Crippen molar-refractivity contribution in [3.05, 3.63) is 42.0 Å². The highest BCUT2D eigenvalue weighted by atomic mass is 16.3. The minimum absolute atomic E-state index is 0.346. The van der Waals surface area contributed by atoms with Gasteiger partial charge in [-0.1, -0.05) is 76.1 Å². The van der Waals surface area contributed by atoms with Gasteiger partial charge in [-0.15, -0.1) is 0 Å². The first-order valence-electron chi connectivity index (χ1n) is 8.51. The van der Waals surface area contributed by atoms with Crippen LogP contribution < -0.4 is 0 Å². The number of phenolic OH excluding ortho intramolecular Hbond substituents is 1. The lowest BCUT2D eigenvalue weighted by Crippen LogP contribution is -1.87. The third-order valence-corrected chi connectivity index (χ3v) is 4.21. The second-order valence-electron chi connectivity index (χ2n) is 6.09. The molecular weight excluding hydrogens is 256 g/mol. The van der Waals surface area contributed by atoms with Crippen LogP contribution in [0.15, 0.2) is 36.4 Å². The standard InChI is InChI=1S/C20H28O/c1-2-3-4-5-6-7-8-9-10-17-11-12-19-16-20(21)14-13-18(19)15-17/h11-16,21H,2-10H2,1H3. The summed E-state index contributed by atoms with van der Waals surface area (Å²) in [7, 11) is 0. The van der Waals surface area contributed by atoms with Crippen LogP contribution in [0.1, 0.15) is 63.9 Å². The van der Waals surface area contributed by atoms with Gasteiger partial charge in [0, 0.05) is 0 Å². The zero-order chi connectivity index (χ0) is 14.9. The van der Waals surface area contributed by atoms with Crippen LogP contribution in [0, 0.1) is 0 Å². The second-order valence-corrected chi connectivity index (χ2v) is 6.09. The number of phenols is 1. The van der Waals surface area contributed by atoms with Gasteiger partial charge in [-0.2, -0.15) is 0 Å². The highest BCUT2D eigenvalue weighted by molar-refractivity contribution is 5.84. The lowest BCUT2D eigenvalue weighted by Gasteiger charge is -2.05. The molecule has 0 radical (unpaired) electrons. The van der Waals surface area contributed by atoms with Crippen LogP contribution >= 0.6 is 0 Å². The topological polar surface area (TPSA) is 20.2 Å². The Labute approximate surface area is 129 Å². The van der Waals surface area contributed by atoms with Gasteiger partial charge in [0.15, 0.2) is 0 Å². The van der Waals surface area contributed by atoms with Gasteiger partial charge in [-0.05, 0) is 41.3 Å². The molecule has 0 aliphatic heterocycles. The summed E-state index contributed by atoms with van der Waals surface area (Å²) in [5.41, 5.74) is 1.42. The summed E-state index contributed by atoms with van der Waals surface area (Å²) in [6.45, 7) is 2.27. The largest absolute Gasteiger partial charge is 0.508 e. The Kier molecular flexibility index (Phi) is 6.59. The number of aromatic hydroxyl groups is 1. The van der Waals surface area contributed by atoms with Crippen molar-refractivity contribution in [2.24, 2.45) is 0 Å². The van der Waals surface area contributed by atoms with Crippen LogP contribution in [0.5, 0.6) is 5.75 Å². The normalized spacial score (nSPS) is 11.1. The molecule has 0 saturated heterocycles. The molecule has 0 unspecified atom stereocenters. The quantitative estimate of drug-likeness (QED) is 0.541. The molecule has 0 heterocycles. The molecule has 1 nitrogen and oxygen atoms in total. The van der Waals surface area contributed by atoms with E-state index in [2.05, 4.69) is 25.1 Å². The van der Waals surface area contributed by atoms with Crippen LogP contribution in [-0.4, -0.2) is 5.11 Å². The Bertz CT molecular complexity index is 545. The molecule has 0 amide bonds. The summed E-state index contributed by atoms with van der Waals surface area (Å²) in [5, 5.41) is 11.8. The zero-order valence-electron chi connectivity index (χ0n) is 13.3. The Morgan fingerprint density at radius 1 is 0.714 bits per heavy atom. The molecule has 0 fully saturated rings. The van der Waals surface area contributed by atoms with Crippen molar-refractivity contribution in [3.63, 3.8) is 0 Å². The first kappa shape index (κ1) is 15.9. The van der Waals surface area contributed by atoms with Crippen molar-refractivity contribution in [2.75, 3.05) is 0 Å². The van der Waals surface area contributed by atoms with Gasteiger partial charge in [0.25, 0.3) is 0 Å². The van der Waals surface area contributed by atoms with Gasteiger partial charge < -0.3 is 5.11 Å². The Balaban J connectivity index is 1.70. The van der Waals surface area contributed by atoms with Crippen molar-refractivity contribution >= 4 is 10.8 Å². The van der Waals surface area contributed by atoms with Gasteiger partial charge in [0.1, 0.15) is 5.75 Å². The van der Waals surface area contributed by atoms with Crippen molar-refractivity contribution < 1.29 is 5.11 Å². The van der Waals surface area contributed by atoms with Crippen LogP contribution in [0.4, 0.5) is 0 Å². The molecule has 0 saturated carbocycles. The molecule has 0 aromatic heterocycles. The third kappa shape index (κ3) is 5.41. The SMILES string of the molecule is CCCCCCCCCCc1ccc2cc(O)ccc2c1. The van der Waals surface area contributed by atoms with E-state index in [0.717, 1.165) is 5.39 Å². The van der Waals surface area contributed by atoms with Crippen LogP contribution in [-0.2, 0) is 6.42 Å². The van der Waals surface area contributed by atoms with Crippen LogP contribution in [0.3, 0.4) is 0 Å². The van der Waals surface area contributed by atoms with E-state index in [0.29, 0.717) is 5.75 Å². The highest BCUT2D eigenvalue weighted by Gasteiger charge is 1.99. The van der Waals surface area contributed by atoms with Gasteiger partial charge >= 0.3 is 0 Å². The molecule has 1 N–H and O–H groups in total. The molecule has 0 bridgehead atoms. The minimum atomic E-state index is 0.346. The first-order chi connectivity index (χ1) is 10.3. The van der Waals surface area contributed by atoms with E-state index in [4.69, 9.17) is 0 Å². The molecule has 0 atom stereocenters. The lowest BCUT2D eigenvalue weighted by molar-refractivity contribution is 0.476. The fourth-order valence-electron chi connectivity index (χ4n) is 2.90. The average molecular weight is 284 g/mol. The Hall–Kier alpha value is -1.50. The number of aryl methyl sites for hydroxylation is 1. The molecule has 0 spiro atoms. The van der Waals surface area contributed by atoms with Crippen molar-refractivity contribution in [2.45, 2.75) is 64.7 Å². The fraction of sp³-hybridized carbons (Fsp3) is 0.500. The van der Waals surface area contributed by atoms with Crippen LogP contribution in [0.2, 0.25) is 0 Å². The number of benzene rings is 2. The molecule has 2 rings (SSSR count). The molecule has 1 heteroatoms. The Morgan fingerprint density at radius 3 is 2.10 bits per heavy atom. The van der Waals surface area contributed by atoms with Crippen molar-refractivity contribution in [1.29, 1.82) is 0 Å². The summed E-state index contributed by atoms with van der Waals surface area (Å²) in [6, 6.07) is 12.2. The predicted molar refractivity (Wildman–Crippen MR) is 91.9 cm³/mol. The first-order valence-corrected chi connectivity index (χ1v) is 8.51. The smallest absolute Gasteiger partial charge is 0.116 e. The number of hydrogen-bond acceptors (Lipinski definition) is 1. The maximum Gasteiger partial charge on any atom is 0.116 e. The van der Waals surface area contributed by atoms with Gasteiger partial charge in [0.05, 0.1) is 0 Å². The zero-order valence-corrected chi connectivity index (χ0v) is 13.3. The van der Waals surface area contributed by atoms with E-state index in [1.54, 1.807) is 6.07 Å². The van der Waals surface area contributed by atoms with Crippen molar-refractivity contribution in [3.8, 4) is 5.75 Å². The summed E-state index contributed by atoms with van der Waals surface area (Å²) in [4.78, 5) is 0. The Morgan fingerprint density at radius 2 is 1.33 bits per heavy atom. The van der Waals surface area contributed by atoms with E-state index < -0.39 is 0 Å². The minimum Gasteiger partial charge on any atom is -0.508 e. The molecular formula is C20H28O. The highest BCUT2D eigenvalue weighted by Crippen LogP contribution is 2.22. The number of rotatable bonds is 9. The van der Waals surface area contributed by atoms with E-state index in [-0.39, 0.29) is 0 Å². The summed E-state index contributed by atoms with van der Waals surface area (Å²) in [6.07, 6.45) is 12.1. The second kappa shape index (κ2) is 8.71. The van der Waals surface area contributed by atoms with Gasteiger partial charge in [0.2, 0.25) is 0 Å². The van der Waals surface area contributed by atoms with E-state index in [1.165, 1.54) is 68.7 Å². The maximum absolute atomic E-state index is 9.48. The van der Waals surface area contributed by atoms with Gasteiger partial charge in [-0.3, -0.25) is 0 Å². The van der Waals surface area contributed by atoms with E-state index in [1.807, 2.05) is 12.1 Å². The molecule has 21 heavy (non-hydrogen) atoms.